The Balaban J connectivity index is 1.76. The Labute approximate surface area is 208 Å². The van der Waals surface area contributed by atoms with Gasteiger partial charge in [0.05, 0.1) is 23.4 Å². The molecule has 0 bridgehead atoms. The van der Waals surface area contributed by atoms with E-state index in [0.29, 0.717) is 26.2 Å². The van der Waals surface area contributed by atoms with Gasteiger partial charge >= 0.3 is 12.3 Å². The van der Waals surface area contributed by atoms with Crippen LogP contribution in [0.1, 0.15) is 12.5 Å². The number of hydrogen-bond acceptors (Lipinski definition) is 5. The summed E-state index contributed by atoms with van der Waals surface area (Å²) in [6.07, 6.45) is -4.99. The SMILES string of the molecule is CCOC(=O)N1CCN(c2cc(=O)n(-c3ccc(C(F)(F)F)cc3)c(-c3ccc(Cl)cc3F)n2)CC1. The van der Waals surface area contributed by atoms with Crippen LogP contribution in [0.15, 0.2) is 53.3 Å². The molecule has 4 rings (SSSR count). The van der Waals surface area contributed by atoms with Crippen LogP contribution in [-0.4, -0.2) is 53.3 Å². The molecule has 0 spiro atoms. The Morgan fingerprint density at radius 1 is 1.06 bits per heavy atom. The number of nitrogens with zero attached hydrogens (tertiary/aromatic N) is 4. The topological polar surface area (TPSA) is 67.7 Å². The molecule has 3 aromatic rings. The molecule has 0 N–H and O–H groups in total. The predicted molar refractivity (Wildman–Crippen MR) is 126 cm³/mol. The fourth-order valence-electron chi connectivity index (χ4n) is 3.87. The van der Waals surface area contributed by atoms with Gasteiger partial charge in [0.2, 0.25) is 0 Å². The Hall–Kier alpha value is -3.60. The molecular weight excluding hydrogens is 504 g/mol. The van der Waals surface area contributed by atoms with Gasteiger partial charge in [-0.05, 0) is 49.4 Å². The number of carbonyl (C=O) groups is 1. The minimum absolute atomic E-state index is 0.0524. The van der Waals surface area contributed by atoms with Crippen LogP contribution in [0.25, 0.3) is 17.1 Å². The molecule has 7 nitrogen and oxygen atoms in total. The van der Waals surface area contributed by atoms with Crippen molar-refractivity contribution in [3.63, 3.8) is 0 Å². The molecule has 0 radical (unpaired) electrons. The van der Waals surface area contributed by atoms with Crippen molar-refractivity contribution in [2.24, 2.45) is 0 Å². The minimum Gasteiger partial charge on any atom is -0.450 e. The molecule has 1 aliphatic heterocycles. The lowest BCUT2D eigenvalue weighted by Gasteiger charge is -2.35. The van der Waals surface area contributed by atoms with Crippen molar-refractivity contribution >= 4 is 23.5 Å². The third kappa shape index (κ3) is 5.30. The van der Waals surface area contributed by atoms with Gasteiger partial charge in [0.1, 0.15) is 11.6 Å². The number of ether oxygens (including phenoxy) is 1. The fraction of sp³-hybridized carbons (Fsp3) is 0.292. The monoisotopic (exact) mass is 524 g/mol. The molecule has 190 valence electrons. The lowest BCUT2D eigenvalue weighted by atomic mass is 10.1. The number of benzene rings is 2. The van der Waals surface area contributed by atoms with Crippen molar-refractivity contribution in [1.82, 2.24) is 14.5 Å². The van der Waals surface area contributed by atoms with Gasteiger partial charge in [-0.25, -0.2) is 14.2 Å². The number of halogens is 5. The second-order valence-electron chi connectivity index (χ2n) is 7.95. The van der Waals surface area contributed by atoms with E-state index in [4.69, 9.17) is 16.3 Å². The van der Waals surface area contributed by atoms with E-state index in [9.17, 15) is 27.2 Å². The summed E-state index contributed by atoms with van der Waals surface area (Å²) in [5.74, 6) is -0.602. The highest BCUT2D eigenvalue weighted by atomic mass is 35.5. The molecule has 0 saturated carbocycles. The first-order valence-corrected chi connectivity index (χ1v) is 11.4. The van der Waals surface area contributed by atoms with Crippen LogP contribution in [0.2, 0.25) is 5.02 Å². The van der Waals surface area contributed by atoms with Crippen molar-refractivity contribution in [3.8, 4) is 17.1 Å². The van der Waals surface area contributed by atoms with Crippen molar-refractivity contribution in [1.29, 1.82) is 0 Å². The van der Waals surface area contributed by atoms with Crippen molar-refractivity contribution < 1.29 is 27.1 Å². The number of hydrogen-bond donors (Lipinski definition) is 0. The van der Waals surface area contributed by atoms with Crippen LogP contribution >= 0.6 is 11.6 Å². The molecule has 2 heterocycles. The normalized spacial score (nSPS) is 14.2. The third-order valence-corrected chi connectivity index (χ3v) is 5.89. The van der Waals surface area contributed by atoms with E-state index in [1.165, 1.54) is 23.1 Å². The summed E-state index contributed by atoms with van der Waals surface area (Å²) in [4.78, 5) is 33.0. The van der Waals surface area contributed by atoms with Crippen molar-refractivity contribution in [3.05, 3.63) is 75.3 Å². The molecule has 1 saturated heterocycles. The minimum atomic E-state index is -4.55. The molecule has 36 heavy (non-hydrogen) atoms. The Bertz CT molecular complexity index is 1320. The van der Waals surface area contributed by atoms with Gasteiger partial charge in [0, 0.05) is 37.3 Å². The Morgan fingerprint density at radius 3 is 2.31 bits per heavy atom. The summed E-state index contributed by atoms with van der Waals surface area (Å²) in [6.45, 7) is 3.30. The summed E-state index contributed by atoms with van der Waals surface area (Å²) >= 11 is 5.88. The third-order valence-electron chi connectivity index (χ3n) is 5.66. The van der Waals surface area contributed by atoms with Crippen LogP contribution in [0.3, 0.4) is 0 Å². The molecule has 1 aromatic heterocycles. The summed E-state index contributed by atoms with van der Waals surface area (Å²) in [5, 5.41) is 0.130. The van der Waals surface area contributed by atoms with Crippen LogP contribution in [0.5, 0.6) is 0 Å². The Kier molecular flexibility index (Phi) is 7.21. The Morgan fingerprint density at radius 2 is 1.72 bits per heavy atom. The zero-order chi connectivity index (χ0) is 26.0. The highest BCUT2D eigenvalue weighted by Gasteiger charge is 2.30. The standard InChI is InChI=1S/C24H21ClF4N4O3/c1-2-36-23(35)32-11-9-31(10-12-32)20-14-21(34)33(17-6-3-15(4-7-17)24(27,28)29)22(30-20)18-8-5-16(25)13-19(18)26/h3-8,13-14H,2,9-12H2,1H3. The van der Waals surface area contributed by atoms with Crippen molar-refractivity contribution in [2.45, 2.75) is 13.1 Å². The van der Waals surface area contributed by atoms with Gasteiger partial charge < -0.3 is 14.5 Å². The van der Waals surface area contributed by atoms with Gasteiger partial charge in [-0.1, -0.05) is 11.6 Å². The van der Waals surface area contributed by atoms with Gasteiger partial charge in [-0.3, -0.25) is 9.36 Å². The van der Waals surface area contributed by atoms with Crippen LogP contribution in [-0.2, 0) is 10.9 Å². The maximum atomic E-state index is 14.9. The number of carbonyl (C=O) groups excluding carboxylic acids is 1. The quantitative estimate of drug-likeness (QED) is 0.450. The van der Waals surface area contributed by atoms with E-state index in [1.807, 2.05) is 0 Å². The fourth-order valence-corrected chi connectivity index (χ4v) is 4.02. The average molecular weight is 525 g/mol. The lowest BCUT2D eigenvalue weighted by molar-refractivity contribution is -0.137. The zero-order valence-electron chi connectivity index (χ0n) is 19.1. The first-order chi connectivity index (χ1) is 17.1. The number of amides is 1. The first-order valence-electron chi connectivity index (χ1n) is 11.0. The molecule has 1 aliphatic rings. The summed E-state index contributed by atoms with van der Waals surface area (Å²) in [6, 6.07) is 9.00. The molecule has 0 aliphatic carbocycles. The summed E-state index contributed by atoms with van der Waals surface area (Å²) in [7, 11) is 0. The van der Waals surface area contributed by atoms with E-state index in [1.54, 1.807) is 11.8 Å². The highest BCUT2D eigenvalue weighted by molar-refractivity contribution is 6.30. The largest absolute Gasteiger partial charge is 0.450 e. The number of rotatable bonds is 4. The molecule has 0 atom stereocenters. The molecular formula is C24H21ClF4N4O3. The maximum Gasteiger partial charge on any atom is 0.416 e. The van der Waals surface area contributed by atoms with Gasteiger partial charge in [0.15, 0.2) is 5.82 Å². The van der Waals surface area contributed by atoms with Gasteiger partial charge in [0.25, 0.3) is 5.56 Å². The lowest BCUT2D eigenvalue weighted by Crippen LogP contribution is -2.49. The number of anilines is 1. The summed E-state index contributed by atoms with van der Waals surface area (Å²) in [5.41, 5.74) is -1.47. The number of alkyl halides is 3. The number of aromatic nitrogens is 2. The van der Waals surface area contributed by atoms with E-state index >= 15 is 0 Å². The second-order valence-corrected chi connectivity index (χ2v) is 8.39. The summed E-state index contributed by atoms with van der Waals surface area (Å²) < 4.78 is 60.1. The smallest absolute Gasteiger partial charge is 0.416 e. The van der Waals surface area contributed by atoms with Gasteiger partial charge in [-0.2, -0.15) is 13.2 Å². The second kappa shape index (κ2) is 10.2. The predicted octanol–water partition coefficient (Wildman–Crippen LogP) is 4.99. The highest BCUT2D eigenvalue weighted by Crippen LogP contribution is 2.31. The maximum absolute atomic E-state index is 14.9. The van der Waals surface area contributed by atoms with E-state index < -0.39 is 29.2 Å². The average Bonchev–Trinajstić information content (AvgIpc) is 2.83. The molecule has 1 fully saturated rings. The first kappa shape index (κ1) is 25.5. The van der Waals surface area contributed by atoms with Crippen molar-refractivity contribution in [2.75, 3.05) is 37.7 Å². The van der Waals surface area contributed by atoms with Gasteiger partial charge in [-0.15, -0.1) is 0 Å². The molecule has 2 aromatic carbocycles. The van der Waals surface area contributed by atoms with E-state index in [2.05, 4.69) is 4.98 Å². The molecule has 0 unspecified atom stereocenters. The van der Waals surface area contributed by atoms with Crippen LogP contribution in [0.4, 0.5) is 28.2 Å². The molecule has 1 amide bonds. The van der Waals surface area contributed by atoms with E-state index in [0.717, 1.165) is 34.9 Å². The molecule has 12 heteroatoms. The zero-order valence-corrected chi connectivity index (χ0v) is 19.8. The number of piperazine rings is 1. The van der Waals surface area contributed by atoms with Crippen LogP contribution < -0.4 is 10.5 Å². The van der Waals surface area contributed by atoms with Crippen LogP contribution in [0, 0.1) is 5.82 Å². The van der Waals surface area contributed by atoms with E-state index in [-0.39, 0.29) is 34.5 Å².